The zero-order valence-electron chi connectivity index (χ0n) is 18.1. The van der Waals surface area contributed by atoms with E-state index in [9.17, 15) is 9.59 Å². The molecule has 32 heavy (non-hydrogen) atoms. The van der Waals surface area contributed by atoms with Gasteiger partial charge in [-0.3, -0.25) is 9.59 Å². The van der Waals surface area contributed by atoms with Gasteiger partial charge in [-0.2, -0.15) is 0 Å². The van der Waals surface area contributed by atoms with Gasteiger partial charge in [0.05, 0.1) is 0 Å². The highest BCUT2D eigenvalue weighted by Crippen LogP contribution is 2.26. The van der Waals surface area contributed by atoms with Gasteiger partial charge in [0, 0.05) is 29.1 Å². The lowest BCUT2D eigenvalue weighted by atomic mass is 10.0. The van der Waals surface area contributed by atoms with Gasteiger partial charge in [-0.1, -0.05) is 97.7 Å². The molecule has 2 amide bonds. The van der Waals surface area contributed by atoms with Gasteiger partial charge in [0.2, 0.25) is 11.8 Å². The predicted molar refractivity (Wildman–Crippen MR) is 129 cm³/mol. The molecule has 6 heteroatoms. The summed E-state index contributed by atoms with van der Waals surface area (Å²) in [7, 11) is 0. The summed E-state index contributed by atoms with van der Waals surface area (Å²) < 4.78 is 0. The zero-order valence-corrected chi connectivity index (χ0v) is 19.6. The number of carbonyl (C=O) groups excluding carboxylic acids is 2. The Hall–Kier alpha value is -2.82. The molecule has 0 spiro atoms. The Labute approximate surface area is 199 Å². The van der Waals surface area contributed by atoms with Crippen LogP contribution in [0.4, 0.5) is 0 Å². The van der Waals surface area contributed by atoms with Crippen LogP contribution in [-0.4, -0.2) is 16.7 Å². The van der Waals surface area contributed by atoms with Crippen LogP contribution >= 0.6 is 23.2 Å². The van der Waals surface area contributed by atoms with E-state index in [0.29, 0.717) is 10.0 Å². The number of benzene rings is 3. The van der Waals surface area contributed by atoms with Crippen LogP contribution in [0.2, 0.25) is 10.0 Å². The second kappa shape index (κ2) is 11.2. The zero-order chi connectivity index (χ0) is 23.1. The average molecular weight is 469 g/mol. The minimum Gasteiger partial charge on any atom is -0.350 e. The fourth-order valence-corrected chi connectivity index (χ4v) is 3.77. The highest BCUT2D eigenvalue weighted by Gasteiger charge is 2.32. The predicted octanol–water partition coefficient (Wildman–Crippen LogP) is 6.04. The van der Waals surface area contributed by atoms with Crippen LogP contribution in [0.1, 0.15) is 36.6 Å². The molecule has 0 heterocycles. The first kappa shape index (κ1) is 23.8. The number of nitrogens with zero attached hydrogens (tertiary/aromatic N) is 1. The molecule has 0 fully saturated rings. The maximum absolute atomic E-state index is 13.5. The van der Waals surface area contributed by atoms with Crippen LogP contribution in [0.25, 0.3) is 0 Å². The van der Waals surface area contributed by atoms with Crippen LogP contribution in [0.15, 0.2) is 78.9 Å². The van der Waals surface area contributed by atoms with Gasteiger partial charge >= 0.3 is 0 Å². The van der Waals surface area contributed by atoms with Crippen molar-refractivity contribution in [3.05, 3.63) is 106 Å². The van der Waals surface area contributed by atoms with Crippen molar-refractivity contribution < 1.29 is 9.59 Å². The lowest BCUT2D eigenvalue weighted by Crippen LogP contribution is -2.44. The molecule has 3 aromatic rings. The maximum Gasteiger partial charge on any atom is 0.247 e. The van der Waals surface area contributed by atoms with E-state index in [1.165, 1.54) is 0 Å². The molecular formula is C26H26Cl2N2O2. The minimum absolute atomic E-state index is 0.110. The van der Waals surface area contributed by atoms with Gasteiger partial charge in [-0.15, -0.1) is 0 Å². The normalized spacial score (nSPS) is 11.8. The van der Waals surface area contributed by atoms with Crippen molar-refractivity contribution in [3.63, 3.8) is 0 Å². The molecule has 0 unspecified atom stereocenters. The van der Waals surface area contributed by atoms with Crippen molar-refractivity contribution in [2.24, 2.45) is 5.92 Å². The van der Waals surface area contributed by atoms with E-state index in [1.54, 1.807) is 23.1 Å². The number of nitrogens with one attached hydrogen (secondary N) is 1. The summed E-state index contributed by atoms with van der Waals surface area (Å²) in [5.41, 5.74) is 2.45. The number of rotatable bonds is 8. The summed E-state index contributed by atoms with van der Waals surface area (Å²) in [6.45, 7) is 4.22. The highest BCUT2D eigenvalue weighted by molar-refractivity contribution is 6.31. The minimum atomic E-state index is -0.788. The van der Waals surface area contributed by atoms with Gasteiger partial charge in [-0.05, 0) is 34.9 Å². The Kier molecular flexibility index (Phi) is 8.32. The van der Waals surface area contributed by atoms with E-state index < -0.39 is 6.04 Å². The van der Waals surface area contributed by atoms with Gasteiger partial charge in [0.25, 0.3) is 0 Å². The van der Waals surface area contributed by atoms with E-state index in [-0.39, 0.29) is 30.8 Å². The van der Waals surface area contributed by atoms with E-state index in [4.69, 9.17) is 23.2 Å². The first-order chi connectivity index (χ1) is 15.4. The first-order valence-electron chi connectivity index (χ1n) is 10.5. The molecule has 3 aromatic carbocycles. The van der Waals surface area contributed by atoms with Crippen molar-refractivity contribution in [1.82, 2.24) is 10.2 Å². The van der Waals surface area contributed by atoms with Gasteiger partial charge in [-0.25, -0.2) is 0 Å². The van der Waals surface area contributed by atoms with Crippen LogP contribution in [0.3, 0.4) is 0 Å². The second-order valence-corrected chi connectivity index (χ2v) is 8.71. The van der Waals surface area contributed by atoms with E-state index in [0.717, 1.165) is 16.7 Å². The molecule has 0 aliphatic heterocycles. The fourth-order valence-electron chi connectivity index (χ4n) is 3.44. The molecule has 1 N–H and O–H groups in total. The molecule has 0 bridgehead atoms. The lowest BCUT2D eigenvalue weighted by molar-refractivity contribution is -0.144. The smallest absolute Gasteiger partial charge is 0.247 e. The van der Waals surface area contributed by atoms with Crippen molar-refractivity contribution in [3.8, 4) is 0 Å². The molecule has 0 aliphatic carbocycles. The third-order valence-corrected chi connectivity index (χ3v) is 5.75. The monoisotopic (exact) mass is 468 g/mol. The second-order valence-electron chi connectivity index (χ2n) is 7.87. The molecule has 0 saturated heterocycles. The topological polar surface area (TPSA) is 49.4 Å². The van der Waals surface area contributed by atoms with Crippen LogP contribution < -0.4 is 5.32 Å². The van der Waals surface area contributed by atoms with Gasteiger partial charge in [0.15, 0.2) is 0 Å². The maximum atomic E-state index is 13.5. The molecule has 0 radical (unpaired) electrons. The van der Waals surface area contributed by atoms with E-state index in [1.807, 2.05) is 74.5 Å². The van der Waals surface area contributed by atoms with Crippen LogP contribution in [0.5, 0.6) is 0 Å². The molecular weight excluding hydrogens is 443 g/mol. The Morgan fingerprint density at radius 3 is 2.12 bits per heavy atom. The summed E-state index contributed by atoms with van der Waals surface area (Å²) >= 11 is 12.3. The summed E-state index contributed by atoms with van der Waals surface area (Å²) in [6, 6.07) is 23.2. The Morgan fingerprint density at radius 2 is 1.50 bits per heavy atom. The standard InChI is InChI=1S/C26H26Cl2N2O2/c1-18(2)26(32)30(17-19-12-14-22(27)15-13-19)24(20-8-4-3-5-9-20)25(31)29-16-21-10-6-7-11-23(21)28/h3-15,18,24H,16-17H2,1-2H3,(H,29,31)/t24-/m0/s1. The molecule has 1 atom stereocenters. The summed E-state index contributed by atoms with van der Waals surface area (Å²) in [4.78, 5) is 28.4. The number of amides is 2. The molecule has 0 aliphatic rings. The highest BCUT2D eigenvalue weighted by atomic mass is 35.5. The van der Waals surface area contributed by atoms with E-state index in [2.05, 4.69) is 5.32 Å². The fraction of sp³-hybridized carbons (Fsp3) is 0.231. The SMILES string of the molecule is CC(C)C(=O)N(Cc1ccc(Cl)cc1)[C@H](C(=O)NCc1ccccc1Cl)c1ccccc1. The third-order valence-electron chi connectivity index (χ3n) is 5.13. The van der Waals surface area contributed by atoms with Crippen molar-refractivity contribution >= 4 is 35.0 Å². The average Bonchev–Trinajstić information content (AvgIpc) is 2.79. The molecule has 4 nitrogen and oxygen atoms in total. The number of hydrogen-bond acceptors (Lipinski definition) is 2. The number of halogens is 2. The Bertz CT molecular complexity index is 1050. The van der Waals surface area contributed by atoms with Gasteiger partial charge < -0.3 is 10.2 Å². The van der Waals surface area contributed by atoms with Crippen LogP contribution in [0, 0.1) is 5.92 Å². The Balaban J connectivity index is 1.94. The summed E-state index contributed by atoms with van der Waals surface area (Å²) in [6.07, 6.45) is 0. The largest absolute Gasteiger partial charge is 0.350 e. The van der Waals surface area contributed by atoms with Crippen LogP contribution in [-0.2, 0) is 22.7 Å². The molecule has 166 valence electrons. The Morgan fingerprint density at radius 1 is 0.875 bits per heavy atom. The first-order valence-corrected chi connectivity index (χ1v) is 11.2. The summed E-state index contributed by atoms with van der Waals surface area (Å²) in [5, 5.41) is 4.17. The van der Waals surface area contributed by atoms with Crippen molar-refractivity contribution in [1.29, 1.82) is 0 Å². The molecule has 0 saturated carbocycles. The van der Waals surface area contributed by atoms with Crippen molar-refractivity contribution in [2.45, 2.75) is 33.0 Å². The molecule has 3 rings (SSSR count). The van der Waals surface area contributed by atoms with Crippen molar-refractivity contribution in [2.75, 3.05) is 0 Å². The molecule has 0 aromatic heterocycles. The van der Waals surface area contributed by atoms with Gasteiger partial charge in [0.1, 0.15) is 6.04 Å². The third kappa shape index (κ3) is 6.12. The lowest BCUT2D eigenvalue weighted by Gasteiger charge is -2.33. The number of hydrogen-bond donors (Lipinski definition) is 1. The summed E-state index contributed by atoms with van der Waals surface area (Å²) in [5.74, 6) is -0.648. The number of carbonyl (C=O) groups is 2. The quantitative estimate of drug-likeness (QED) is 0.438. The van der Waals surface area contributed by atoms with E-state index >= 15 is 0 Å².